The molecule has 82 valence electrons. The van der Waals surface area contributed by atoms with Crippen molar-refractivity contribution < 1.29 is 5.21 Å². The molecule has 2 aromatic rings. The number of tetrazole rings is 1. The monoisotopic (exact) mass is 218 g/mol. The first-order chi connectivity index (χ1) is 7.70. The van der Waals surface area contributed by atoms with Crippen LogP contribution < -0.4 is 0 Å². The fourth-order valence-electron chi connectivity index (χ4n) is 1.24. The van der Waals surface area contributed by atoms with E-state index in [1.807, 2.05) is 19.1 Å². The first-order valence-electron chi connectivity index (χ1n) is 4.64. The molecular weight excluding hydrogens is 208 g/mol. The Bertz CT molecular complexity index is 532. The van der Waals surface area contributed by atoms with Gasteiger partial charge in [0.25, 0.3) is 0 Å². The predicted molar refractivity (Wildman–Crippen MR) is 55.2 cm³/mol. The van der Waals surface area contributed by atoms with Crippen molar-refractivity contribution in [1.29, 1.82) is 0 Å². The van der Waals surface area contributed by atoms with E-state index in [1.165, 1.54) is 0 Å². The van der Waals surface area contributed by atoms with Crippen LogP contribution in [0.4, 0.5) is 0 Å². The summed E-state index contributed by atoms with van der Waals surface area (Å²) in [5, 5.41) is 23.5. The minimum atomic E-state index is 0.143. The molecule has 2 rings (SSSR count). The second-order valence-electron chi connectivity index (χ2n) is 3.21. The van der Waals surface area contributed by atoms with Crippen molar-refractivity contribution in [2.24, 2.45) is 5.16 Å². The molecule has 2 heterocycles. The van der Waals surface area contributed by atoms with Crippen LogP contribution in [0.3, 0.4) is 0 Å². The van der Waals surface area contributed by atoms with Crippen LogP contribution >= 0.6 is 0 Å². The van der Waals surface area contributed by atoms with Gasteiger partial charge in [0.15, 0.2) is 5.82 Å². The van der Waals surface area contributed by atoms with E-state index in [0.717, 1.165) is 10.5 Å². The number of rotatable bonds is 1. The molecular formula is C9H10N6O. The second kappa shape index (κ2) is 4.05. The summed E-state index contributed by atoms with van der Waals surface area (Å²) < 4.78 is 0. The molecule has 2 aromatic heterocycles. The molecule has 0 aliphatic rings. The average molecular weight is 218 g/mol. The highest BCUT2D eigenvalue weighted by molar-refractivity contribution is 5.96. The van der Waals surface area contributed by atoms with E-state index in [2.05, 4.69) is 25.6 Å². The van der Waals surface area contributed by atoms with Crippen LogP contribution in [-0.4, -0.2) is 36.2 Å². The van der Waals surface area contributed by atoms with Crippen molar-refractivity contribution in [3.05, 3.63) is 35.4 Å². The van der Waals surface area contributed by atoms with Gasteiger partial charge in [-0.15, -0.1) is 15.0 Å². The number of pyridine rings is 1. The highest BCUT2D eigenvalue weighted by Crippen LogP contribution is 2.01. The number of hydrogen-bond donors (Lipinski definition) is 1. The molecule has 7 heteroatoms. The highest BCUT2D eigenvalue weighted by atomic mass is 16.4. The van der Waals surface area contributed by atoms with Crippen LogP contribution in [0.15, 0.2) is 23.4 Å². The number of nitrogens with zero attached hydrogens (tertiary/aromatic N) is 6. The van der Waals surface area contributed by atoms with Crippen molar-refractivity contribution in [3.63, 3.8) is 0 Å². The van der Waals surface area contributed by atoms with Crippen LogP contribution in [0.5, 0.6) is 0 Å². The van der Waals surface area contributed by atoms with E-state index < -0.39 is 0 Å². The third-order valence-corrected chi connectivity index (χ3v) is 1.92. The van der Waals surface area contributed by atoms with Gasteiger partial charge in [0, 0.05) is 5.69 Å². The van der Waals surface area contributed by atoms with Gasteiger partial charge in [-0.2, -0.15) is 0 Å². The molecule has 16 heavy (non-hydrogen) atoms. The number of hydrogen-bond acceptors (Lipinski definition) is 6. The fraction of sp³-hybridized carbons (Fsp3) is 0.222. The van der Waals surface area contributed by atoms with Gasteiger partial charge >= 0.3 is 0 Å². The summed E-state index contributed by atoms with van der Waals surface area (Å²) in [6.07, 6.45) is 0. The van der Waals surface area contributed by atoms with Crippen LogP contribution in [0, 0.1) is 13.8 Å². The molecule has 0 aliphatic heterocycles. The summed E-state index contributed by atoms with van der Waals surface area (Å²) in [5.41, 5.74) is 1.30. The lowest BCUT2D eigenvalue weighted by Crippen LogP contribution is -2.18. The van der Waals surface area contributed by atoms with Crippen molar-refractivity contribution in [2.75, 3.05) is 0 Å². The Morgan fingerprint density at radius 3 is 2.75 bits per heavy atom. The molecule has 0 bridgehead atoms. The summed E-state index contributed by atoms with van der Waals surface area (Å²) in [7, 11) is 0. The maximum absolute atomic E-state index is 8.95. The van der Waals surface area contributed by atoms with Crippen LogP contribution in [0.25, 0.3) is 0 Å². The SMILES string of the molecule is Cc1cccc(/C(=N\O)n2nnc(C)n2)n1. The Balaban J connectivity index is 2.45. The maximum atomic E-state index is 8.95. The van der Waals surface area contributed by atoms with E-state index in [0.29, 0.717) is 11.5 Å². The Hall–Kier alpha value is -2.31. The summed E-state index contributed by atoms with van der Waals surface area (Å²) in [4.78, 5) is 5.35. The van der Waals surface area contributed by atoms with Gasteiger partial charge in [-0.25, -0.2) is 4.98 Å². The first-order valence-corrected chi connectivity index (χ1v) is 4.64. The van der Waals surface area contributed by atoms with Gasteiger partial charge in [0.2, 0.25) is 5.84 Å². The van der Waals surface area contributed by atoms with Gasteiger partial charge in [0.1, 0.15) is 5.69 Å². The molecule has 0 fully saturated rings. The zero-order valence-corrected chi connectivity index (χ0v) is 8.86. The Morgan fingerprint density at radius 2 is 2.19 bits per heavy atom. The maximum Gasteiger partial charge on any atom is 0.239 e. The minimum absolute atomic E-state index is 0.143. The number of aryl methyl sites for hydroxylation is 2. The normalized spacial score (nSPS) is 11.8. The second-order valence-corrected chi connectivity index (χ2v) is 3.21. The van der Waals surface area contributed by atoms with Gasteiger partial charge in [-0.1, -0.05) is 11.2 Å². The zero-order chi connectivity index (χ0) is 11.5. The molecule has 1 N–H and O–H groups in total. The Morgan fingerprint density at radius 1 is 1.38 bits per heavy atom. The van der Waals surface area contributed by atoms with E-state index in [4.69, 9.17) is 5.21 Å². The van der Waals surface area contributed by atoms with Crippen molar-refractivity contribution in [3.8, 4) is 0 Å². The van der Waals surface area contributed by atoms with Crippen molar-refractivity contribution >= 4 is 5.84 Å². The summed E-state index contributed by atoms with van der Waals surface area (Å²) in [6.45, 7) is 3.54. The van der Waals surface area contributed by atoms with Gasteiger partial charge < -0.3 is 5.21 Å². The zero-order valence-electron chi connectivity index (χ0n) is 8.86. The molecule has 0 saturated carbocycles. The lowest BCUT2D eigenvalue weighted by atomic mass is 10.3. The predicted octanol–water partition coefficient (Wildman–Crippen LogP) is 0.369. The first kappa shape index (κ1) is 10.2. The lowest BCUT2D eigenvalue weighted by Gasteiger charge is -2.01. The van der Waals surface area contributed by atoms with Gasteiger partial charge in [-0.05, 0) is 31.2 Å². The summed E-state index contributed by atoms with van der Waals surface area (Å²) >= 11 is 0. The molecule has 0 unspecified atom stereocenters. The molecule has 0 aliphatic carbocycles. The van der Waals surface area contributed by atoms with E-state index >= 15 is 0 Å². The molecule has 0 spiro atoms. The summed E-state index contributed by atoms with van der Waals surface area (Å²) in [6, 6.07) is 5.37. The minimum Gasteiger partial charge on any atom is -0.409 e. The smallest absolute Gasteiger partial charge is 0.239 e. The van der Waals surface area contributed by atoms with E-state index in [1.54, 1.807) is 13.0 Å². The van der Waals surface area contributed by atoms with Crippen molar-refractivity contribution in [2.45, 2.75) is 13.8 Å². The van der Waals surface area contributed by atoms with Gasteiger partial charge in [0.05, 0.1) is 0 Å². The fourth-order valence-corrected chi connectivity index (χ4v) is 1.24. The molecule has 0 aromatic carbocycles. The molecule has 0 atom stereocenters. The highest BCUT2D eigenvalue weighted by Gasteiger charge is 2.11. The third-order valence-electron chi connectivity index (χ3n) is 1.92. The largest absolute Gasteiger partial charge is 0.409 e. The molecule has 7 nitrogen and oxygen atoms in total. The molecule has 0 saturated heterocycles. The van der Waals surface area contributed by atoms with Crippen LogP contribution in [0.2, 0.25) is 0 Å². The summed E-state index contributed by atoms with van der Waals surface area (Å²) in [5.74, 6) is 0.637. The third kappa shape index (κ3) is 1.88. The van der Waals surface area contributed by atoms with Crippen LogP contribution in [0.1, 0.15) is 17.2 Å². The van der Waals surface area contributed by atoms with Gasteiger partial charge in [-0.3, -0.25) is 0 Å². The van der Waals surface area contributed by atoms with Crippen LogP contribution in [-0.2, 0) is 0 Å². The quantitative estimate of drug-likeness (QED) is 0.323. The topological polar surface area (TPSA) is 89.1 Å². The standard InChI is InChI=1S/C9H10N6O/c1-6-4-3-5-8(10-6)9(13-16)15-12-7(2)11-14-15/h3-5,16H,1-2H3/b13-9+. The molecule has 0 amide bonds. The van der Waals surface area contributed by atoms with E-state index in [9.17, 15) is 0 Å². The average Bonchev–Trinajstić information content (AvgIpc) is 2.66. The van der Waals surface area contributed by atoms with E-state index in [-0.39, 0.29) is 5.84 Å². The lowest BCUT2D eigenvalue weighted by molar-refractivity contribution is 0.315. The Kier molecular flexibility index (Phi) is 2.59. The van der Waals surface area contributed by atoms with Crippen molar-refractivity contribution in [1.82, 2.24) is 25.2 Å². The number of aromatic nitrogens is 5. The molecule has 0 radical (unpaired) electrons. The number of oxime groups is 1. The Labute approximate surface area is 91.4 Å².